The first-order chi connectivity index (χ1) is 13.0. The Labute approximate surface area is 162 Å². The van der Waals surface area contributed by atoms with Crippen molar-refractivity contribution < 1.29 is 4.79 Å². The van der Waals surface area contributed by atoms with E-state index in [9.17, 15) is 4.79 Å². The monoisotopic (exact) mass is 384 g/mol. The van der Waals surface area contributed by atoms with E-state index in [-0.39, 0.29) is 18.2 Å². The van der Waals surface area contributed by atoms with E-state index in [0.717, 1.165) is 36.2 Å². The molecule has 0 bridgehead atoms. The molecule has 1 atom stereocenters. The molecule has 1 aliphatic rings. The first kappa shape index (κ1) is 17.9. The van der Waals surface area contributed by atoms with Gasteiger partial charge in [-0.15, -0.1) is 10.2 Å². The second-order valence-corrected chi connectivity index (χ2v) is 8.41. The summed E-state index contributed by atoms with van der Waals surface area (Å²) in [5, 5.41) is 8.85. The number of nitrogens with two attached hydrogens (primary N) is 1. The zero-order valence-corrected chi connectivity index (χ0v) is 16.4. The van der Waals surface area contributed by atoms with Crippen molar-refractivity contribution in [3.8, 4) is 0 Å². The van der Waals surface area contributed by atoms with E-state index < -0.39 is 0 Å². The number of rotatable bonds is 4. The van der Waals surface area contributed by atoms with Crippen molar-refractivity contribution in [3.63, 3.8) is 0 Å². The number of hydrogen-bond acceptors (Lipinski definition) is 6. The minimum absolute atomic E-state index is 0.0862. The molecule has 27 heavy (non-hydrogen) atoms. The quantitative estimate of drug-likeness (QED) is 0.747. The maximum atomic E-state index is 12.7. The molecule has 3 aromatic rings. The lowest BCUT2D eigenvalue weighted by molar-refractivity contribution is -0.131. The van der Waals surface area contributed by atoms with Gasteiger partial charge in [-0.3, -0.25) is 4.79 Å². The summed E-state index contributed by atoms with van der Waals surface area (Å²) in [7, 11) is 0. The molecule has 4 rings (SSSR count). The number of benzene rings is 1. The molecule has 1 aromatic carbocycles. The summed E-state index contributed by atoms with van der Waals surface area (Å²) in [6.07, 6.45) is 2.30. The van der Waals surface area contributed by atoms with Crippen LogP contribution in [0.15, 0.2) is 24.3 Å². The Morgan fingerprint density at radius 1 is 1.33 bits per heavy atom. The average molecular weight is 385 g/mol. The number of amides is 1. The van der Waals surface area contributed by atoms with Gasteiger partial charge in [0.05, 0.1) is 17.5 Å². The number of nitrogen functional groups attached to an aromatic ring is 1. The van der Waals surface area contributed by atoms with E-state index in [0.29, 0.717) is 22.7 Å². The number of para-hydroxylation sites is 2. The number of anilines is 1. The molecule has 2 aromatic heterocycles. The van der Waals surface area contributed by atoms with Gasteiger partial charge in [0, 0.05) is 25.0 Å². The van der Waals surface area contributed by atoms with Crippen LogP contribution in [0.3, 0.4) is 0 Å². The average Bonchev–Trinajstić information content (AvgIpc) is 3.25. The number of piperidine rings is 1. The molecule has 0 unspecified atom stereocenters. The van der Waals surface area contributed by atoms with E-state index in [1.54, 1.807) is 0 Å². The van der Waals surface area contributed by atoms with Gasteiger partial charge in [-0.1, -0.05) is 23.5 Å². The van der Waals surface area contributed by atoms with Gasteiger partial charge in [-0.2, -0.15) is 0 Å². The molecule has 2 N–H and O–H groups in total. The van der Waals surface area contributed by atoms with Gasteiger partial charge in [-0.05, 0) is 38.8 Å². The van der Waals surface area contributed by atoms with Gasteiger partial charge < -0.3 is 15.2 Å². The zero-order chi connectivity index (χ0) is 19.0. The Bertz CT molecular complexity index is 962. The van der Waals surface area contributed by atoms with Crippen molar-refractivity contribution in [1.29, 1.82) is 0 Å². The second kappa shape index (κ2) is 7.26. The molecule has 0 aliphatic carbocycles. The number of fused-ring (bicyclic) bond motifs is 1. The van der Waals surface area contributed by atoms with E-state index >= 15 is 0 Å². The molecule has 1 saturated heterocycles. The number of imidazole rings is 1. The fraction of sp³-hybridized carbons (Fsp3) is 0.474. The third-order valence-electron chi connectivity index (χ3n) is 5.06. The Balaban J connectivity index is 1.57. The fourth-order valence-corrected chi connectivity index (χ4v) is 4.49. The van der Waals surface area contributed by atoms with Crippen molar-refractivity contribution in [2.75, 3.05) is 18.8 Å². The highest BCUT2D eigenvalue weighted by Crippen LogP contribution is 2.31. The number of carbonyl (C=O) groups excluding carboxylic acids is 1. The predicted molar refractivity (Wildman–Crippen MR) is 107 cm³/mol. The van der Waals surface area contributed by atoms with Crippen LogP contribution in [0.4, 0.5) is 5.13 Å². The van der Waals surface area contributed by atoms with Crippen molar-refractivity contribution in [2.24, 2.45) is 0 Å². The summed E-state index contributed by atoms with van der Waals surface area (Å²) in [6, 6.07) is 8.58. The summed E-state index contributed by atoms with van der Waals surface area (Å²) in [5.41, 5.74) is 7.81. The highest BCUT2D eigenvalue weighted by molar-refractivity contribution is 7.15. The van der Waals surface area contributed by atoms with Gasteiger partial charge in [0.25, 0.3) is 0 Å². The van der Waals surface area contributed by atoms with Crippen LogP contribution in [0.1, 0.15) is 49.5 Å². The van der Waals surface area contributed by atoms with E-state index in [4.69, 9.17) is 10.7 Å². The van der Waals surface area contributed by atoms with Crippen LogP contribution in [0.2, 0.25) is 0 Å². The van der Waals surface area contributed by atoms with Crippen LogP contribution in [0, 0.1) is 0 Å². The standard InChI is InChI=1S/C19H24N6OS/c1-12(2)25-15-8-4-3-7-14(15)21-18(25)13-6-5-9-24(11-13)17(26)10-16-22-23-19(20)27-16/h3-4,7-8,12-13H,5-6,9-11H2,1-2H3,(H2,20,23)/t13-/m0/s1. The molecule has 0 spiro atoms. The Morgan fingerprint density at radius 2 is 2.15 bits per heavy atom. The number of likely N-dealkylation sites (tertiary alicyclic amines) is 1. The maximum Gasteiger partial charge on any atom is 0.229 e. The topological polar surface area (TPSA) is 89.9 Å². The third-order valence-corrected chi connectivity index (χ3v) is 5.82. The van der Waals surface area contributed by atoms with Crippen LogP contribution in [0.25, 0.3) is 11.0 Å². The zero-order valence-electron chi connectivity index (χ0n) is 15.6. The second-order valence-electron chi connectivity index (χ2n) is 7.31. The van der Waals surface area contributed by atoms with Crippen molar-refractivity contribution in [2.45, 2.75) is 45.1 Å². The summed E-state index contributed by atoms with van der Waals surface area (Å²) < 4.78 is 2.32. The normalized spacial score (nSPS) is 17.7. The largest absolute Gasteiger partial charge is 0.374 e. The highest BCUT2D eigenvalue weighted by Gasteiger charge is 2.29. The van der Waals surface area contributed by atoms with Crippen LogP contribution in [0.5, 0.6) is 0 Å². The van der Waals surface area contributed by atoms with Crippen LogP contribution in [-0.2, 0) is 11.2 Å². The predicted octanol–water partition coefficient (Wildman–Crippen LogP) is 3.00. The molecular weight excluding hydrogens is 360 g/mol. The Hall–Kier alpha value is -2.48. The molecule has 142 valence electrons. The number of aromatic nitrogens is 4. The smallest absolute Gasteiger partial charge is 0.229 e. The molecule has 1 fully saturated rings. The van der Waals surface area contributed by atoms with Crippen molar-refractivity contribution in [3.05, 3.63) is 35.1 Å². The lowest BCUT2D eigenvalue weighted by atomic mass is 9.96. The lowest BCUT2D eigenvalue weighted by Gasteiger charge is -2.33. The fourth-order valence-electron chi connectivity index (χ4n) is 3.89. The number of carbonyl (C=O) groups is 1. The third kappa shape index (κ3) is 3.53. The van der Waals surface area contributed by atoms with Gasteiger partial charge in [0.1, 0.15) is 10.8 Å². The maximum absolute atomic E-state index is 12.7. The molecule has 7 nitrogen and oxygen atoms in total. The molecular formula is C19H24N6OS. The molecule has 0 saturated carbocycles. The molecule has 1 amide bonds. The summed E-state index contributed by atoms with van der Waals surface area (Å²) in [4.78, 5) is 19.6. The molecule has 8 heteroatoms. The Kier molecular flexibility index (Phi) is 4.82. The lowest BCUT2D eigenvalue weighted by Crippen LogP contribution is -2.40. The van der Waals surface area contributed by atoms with E-state index in [1.807, 2.05) is 11.0 Å². The summed E-state index contributed by atoms with van der Waals surface area (Å²) in [5.74, 6) is 1.42. The minimum Gasteiger partial charge on any atom is -0.374 e. The van der Waals surface area contributed by atoms with Gasteiger partial charge in [0.2, 0.25) is 11.0 Å². The van der Waals surface area contributed by atoms with Crippen LogP contribution in [-0.4, -0.2) is 43.6 Å². The number of nitrogens with zero attached hydrogens (tertiary/aromatic N) is 5. The van der Waals surface area contributed by atoms with Crippen LogP contribution >= 0.6 is 11.3 Å². The first-order valence-corrected chi connectivity index (χ1v) is 10.2. The molecule has 3 heterocycles. The van der Waals surface area contributed by atoms with Gasteiger partial charge in [-0.25, -0.2) is 4.98 Å². The summed E-state index contributed by atoms with van der Waals surface area (Å²) >= 11 is 1.28. The first-order valence-electron chi connectivity index (χ1n) is 9.35. The van der Waals surface area contributed by atoms with E-state index in [1.165, 1.54) is 11.3 Å². The Morgan fingerprint density at radius 3 is 2.89 bits per heavy atom. The SMILES string of the molecule is CC(C)n1c([C@H]2CCCN(C(=O)Cc3nnc(N)s3)C2)nc2ccccc21. The molecule has 1 aliphatic heterocycles. The minimum atomic E-state index is 0.0862. The van der Waals surface area contributed by atoms with Crippen molar-refractivity contribution >= 4 is 33.4 Å². The number of hydrogen-bond donors (Lipinski definition) is 1. The molecule has 0 radical (unpaired) electrons. The van der Waals surface area contributed by atoms with Crippen LogP contribution < -0.4 is 5.73 Å². The van der Waals surface area contributed by atoms with Gasteiger partial charge >= 0.3 is 0 Å². The summed E-state index contributed by atoms with van der Waals surface area (Å²) in [6.45, 7) is 5.85. The van der Waals surface area contributed by atoms with E-state index in [2.05, 4.69) is 46.8 Å². The highest BCUT2D eigenvalue weighted by atomic mass is 32.1. The van der Waals surface area contributed by atoms with Gasteiger partial charge in [0.15, 0.2) is 0 Å². The van der Waals surface area contributed by atoms with Crippen molar-refractivity contribution in [1.82, 2.24) is 24.6 Å².